The van der Waals surface area contributed by atoms with Crippen molar-refractivity contribution < 1.29 is 17.7 Å². The van der Waals surface area contributed by atoms with Crippen molar-refractivity contribution in [1.29, 1.82) is 0 Å². The Morgan fingerprint density at radius 1 is 1.33 bits per heavy atom. The summed E-state index contributed by atoms with van der Waals surface area (Å²) in [5.74, 6) is -0.0578. The molecule has 1 aliphatic rings. The quantitative estimate of drug-likeness (QED) is 0.846. The second-order valence-electron chi connectivity index (χ2n) is 6.88. The summed E-state index contributed by atoms with van der Waals surface area (Å²) in [5.41, 5.74) is 3.07. The lowest BCUT2D eigenvalue weighted by Crippen LogP contribution is -2.43. The fraction of sp³-hybridized carbons (Fsp3) is 0.474. The molecule has 0 unspecified atom stereocenters. The predicted octanol–water partition coefficient (Wildman–Crippen LogP) is 2.95. The minimum Gasteiger partial charge on any atom is -0.360 e. The van der Waals surface area contributed by atoms with Crippen molar-refractivity contribution in [2.45, 2.75) is 57.9 Å². The predicted molar refractivity (Wildman–Crippen MR) is 102 cm³/mol. The van der Waals surface area contributed by atoms with E-state index in [9.17, 15) is 13.2 Å². The molecule has 3 rings (SSSR count). The van der Waals surface area contributed by atoms with Gasteiger partial charge in [-0.1, -0.05) is 30.3 Å². The molecule has 7 nitrogen and oxygen atoms in total. The highest BCUT2D eigenvalue weighted by Gasteiger charge is 2.42. The van der Waals surface area contributed by atoms with Gasteiger partial charge in [0.15, 0.2) is 5.76 Å². The maximum absolute atomic E-state index is 13.1. The number of nitrogens with one attached hydrogen (secondary N) is 1. The normalized spacial score (nSPS) is 18.0. The van der Waals surface area contributed by atoms with Gasteiger partial charge in [0, 0.05) is 12.2 Å². The van der Waals surface area contributed by atoms with Crippen LogP contribution in [0.1, 0.15) is 42.3 Å². The molecule has 0 radical (unpaired) electrons. The lowest BCUT2D eigenvalue weighted by molar-refractivity contribution is -0.119. The van der Waals surface area contributed by atoms with Crippen molar-refractivity contribution in [3.8, 4) is 0 Å². The molecule has 1 aromatic carbocycles. The molecule has 2 heterocycles. The van der Waals surface area contributed by atoms with Crippen molar-refractivity contribution in [2.75, 3.05) is 11.9 Å². The van der Waals surface area contributed by atoms with E-state index in [1.807, 2.05) is 32.0 Å². The number of para-hydroxylation sites is 1. The summed E-state index contributed by atoms with van der Waals surface area (Å²) in [7, 11) is -3.85. The molecular weight excluding hydrogens is 366 g/mol. The van der Waals surface area contributed by atoms with Gasteiger partial charge in [0.2, 0.25) is 15.9 Å². The zero-order valence-electron chi connectivity index (χ0n) is 16.1. The largest absolute Gasteiger partial charge is 0.360 e. The van der Waals surface area contributed by atoms with Gasteiger partial charge in [0.05, 0.1) is 0 Å². The number of benzene rings is 1. The van der Waals surface area contributed by atoms with Crippen LogP contribution in [0.25, 0.3) is 0 Å². The molecule has 1 aliphatic heterocycles. The lowest BCUT2D eigenvalue weighted by atomic mass is 10.1. The van der Waals surface area contributed by atoms with E-state index in [1.165, 1.54) is 4.31 Å². The molecule has 1 saturated heterocycles. The maximum atomic E-state index is 13.1. The Balaban J connectivity index is 1.90. The van der Waals surface area contributed by atoms with Gasteiger partial charge in [0.1, 0.15) is 16.6 Å². The molecule has 1 atom stereocenters. The molecule has 8 heteroatoms. The van der Waals surface area contributed by atoms with E-state index >= 15 is 0 Å². The maximum Gasteiger partial charge on any atom is 0.249 e. The smallest absolute Gasteiger partial charge is 0.249 e. The third-order valence-electron chi connectivity index (χ3n) is 5.03. The SMILES string of the molecule is CCc1cccc(C)c1NC(=O)[C@@H]1CCCN1S(=O)(=O)c1c(C)noc1C. The lowest BCUT2D eigenvalue weighted by Gasteiger charge is -2.24. The van der Waals surface area contributed by atoms with Crippen molar-refractivity contribution in [3.05, 3.63) is 40.8 Å². The topological polar surface area (TPSA) is 92.5 Å². The first-order valence-corrected chi connectivity index (χ1v) is 10.6. The van der Waals surface area contributed by atoms with Crippen LogP contribution in [-0.2, 0) is 21.2 Å². The Bertz CT molecular complexity index is 946. The summed E-state index contributed by atoms with van der Waals surface area (Å²) >= 11 is 0. The van der Waals surface area contributed by atoms with Crippen LogP contribution < -0.4 is 5.32 Å². The average Bonchev–Trinajstić information content (AvgIpc) is 3.24. The fourth-order valence-corrected chi connectivity index (χ4v) is 5.61. The Morgan fingerprint density at radius 3 is 2.70 bits per heavy atom. The number of aromatic nitrogens is 1. The first-order valence-electron chi connectivity index (χ1n) is 9.11. The first kappa shape index (κ1) is 19.6. The first-order chi connectivity index (χ1) is 12.8. The van der Waals surface area contributed by atoms with Gasteiger partial charge in [0.25, 0.3) is 0 Å². The highest BCUT2D eigenvalue weighted by Crippen LogP contribution is 2.31. The highest BCUT2D eigenvalue weighted by molar-refractivity contribution is 7.89. The molecule has 1 amide bonds. The number of rotatable bonds is 5. The van der Waals surface area contributed by atoms with Crippen molar-refractivity contribution in [2.24, 2.45) is 0 Å². The second-order valence-corrected chi connectivity index (χ2v) is 8.71. The number of carbonyl (C=O) groups excluding carboxylic acids is 1. The van der Waals surface area contributed by atoms with E-state index in [2.05, 4.69) is 10.5 Å². The standard InChI is InChI=1S/C19H25N3O4S/c1-5-15-9-6-8-12(2)17(15)20-19(23)16-10-7-11-22(16)27(24,25)18-13(3)21-26-14(18)4/h6,8-9,16H,5,7,10-11H2,1-4H3,(H,20,23)/t16-/m0/s1. The Labute approximate surface area is 159 Å². The summed E-state index contributed by atoms with van der Waals surface area (Å²) in [4.78, 5) is 13.0. The molecule has 0 bridgehead atoms. The Hall–Kier alpha value is -2.19. The summed E-state index contributed by atoms with van der Waals surface area (Å²) in [6.45, 7) is 7.42. The monoisotopic (exact) mass is 391 g/mol. The van der Waals surface area contributed by atoms with E-state index in [0.29, 0.717) is 25.1 Å². The van der Waals surface area contributed by atoms with Crippen LogP contribution in [-0.4, -0.2) is 36.4 Å². The number of aryl methyl sites for hydroxylation is 4. The molecule has 0 aliphatic carbocycles. The molecule has 0 spiro atoms. The van der Waals surface area contributed by atoms with Crippen LogP contribution in [0, 0.1) is 20.8 Å². The van der Waals surface area contributed by atoms with Crippen molar-refractivity contribution in [1.82, 2.24) is 9.46 Å². The van der Waals surface area contributed by atoms with Crippen LogP contribution in [0.15, 0.2) is 27.6 Å². The van der Waals surface area contributed by atoms with E-state index in [1.54, 1.807) is 13.8 Å². The molecule has 27 heavy (non-hydrogen) atoms. The number of carbonyl (C=O) groups is 1. The summed E-state index contributed by atoms with van der Waals surface area (Å²) in [5, 5.41) is 6.71. The van der Waals surface area contributed by atoms with Crippen LogP contribution in [0.4, 0.5) is 5.69 Å². The van der Waals surface area contributed by atoms with Crippen LogP contribution >= 0.6 is 0 Å². The van der Waals surface area contributed by atoms with E-state index in [0.717, 1.165) is 23.2 Å². The summed E-state index contributed by atoms with van der Waals surface area (Å²) in [6.07, 6.45) is 1.90. The number of sulfonamides is 1. The summed E-state index contributed by atoms with van der Waals surface area (Å²) in [6, 6.07) is 5.11. The minimum absolute atomic E-state index is 0.0624. The molecule has 146 valence electrons. The molecule has 1 fully saturated rings. The molecule has 0 saturated carbocycles. The minimum atomic E-state index is -3.85. The summed E-state index contributed by atoms with van der Waals surface area (Å²) < 4.78 is 32.6. The molecular formula is C19H25N3O4S. The number of hydrogen-bond donors (Lipinski definition) is 1. The average molecular weight is 391 g/mol. The third kappa shape index (κ3) is 3.51. The number of nitrogens with zero attached hydrogens (tertiary/aromatic N) is 2. The van der Waals surface area contributed by atoms with E-state index in [-0.39, 0.29) is 16.6 Å². The van der Waals surface area contributed by atoms with Gasteiger partial charge in [-0.25, -0.2) is 8.42 Å². The van der Waals surface area contributed by atoms with Gasteiger partial charge in [-0.2, -0.15) is 4.31 Å². The fourth-order valence-electron chi connectivity index (χ4n) is 3.66. The number of amides is 1. The van der Waals surface area contributed by atoms with Gasteiger partial charge in [-0.3, -0.25) is 4.79 Å². The second kappa shape index (κ2) is 7.44. The highest BCUT2D eigenvalue weighted by atomic mass is 32.2. The van der Waals surface area contributed by atoms with Crippen molar-refractivity contribution in [3.63, 3.8) is 0 Å². The Kier molecular flexibility index (Phi) is 5.39. The molecule has 1 aromatic heterocycles. The molecule has 1 N–H and O–H groups in total. The van der Waals surface area contributed by atoms with Gasteiger partial charge in [-0.15, -0.1) is 0 Å². The number of hydrogen-bond acceptors (Lipinski definition) is 5. The van der Waals surface area contributed by atoms with Crippen LogP contribution in [0.3, 0.4) is 0 Å². The zero-order valence-corrected chi connectivity index (χ0v) is 16.9. The van der Waals surface area contributed by atoms with Crippen LogP contribution in [0.2, 0.25) is 0 Å². The van der Waals surface area contributed by atoms with E-state index < -0.39 is 16.1 Å². The molecule has 2 aromatic rings. The van der Waals surface area contributed by atoms with Gasteiger partial charge in [-0.05, 0) is 51.2 Å². The van der Waals surface area contributed by atoms with Gasteiger partial charge >= 0.3 is 0 Å². The van der Waals surface area contributed by atoms with Crippen molar-refractivity contribution >= 4 is 21.6 Å². The van der Waals surface area contributed by atoms with E-state index in [4.69, 9.17) is 4.52 Å². The number of anilines is 1. The van der Waals surface area contributed by atoms with Crippen LogP contribution in [0.5, 0.6) is 0 Å². The Morgan fingerprint density at radius 2 is 2.07 bits per heavy atom. The third-order valence-corrected chi connectivity index (χ3v) is 7.18. The zero-order chi connectivity index (χ0) is 19.8. The van der Waals surface area contributed by atoms with Gasteiger partial charge < -0.3 is 9.84 Å².